The summed E-state index contributed by atoms with van der Waals surface area (Å²) >= 11 is 0. The van der Waals surface area contributed by atoms with E-state index in [4.69, 9.17) is 0 Å². The Labute approximate surface area is 179 Å². The normalized spacial score (nSPS) is 20.3. The third-order valence-electron chi connectivity index (χ3n) is 6.48. The summed E-state index contributed by atoms with van der Waals surface area (Å²) in [6.45, 7) is 7.54. The van der Waals surface area contributed by atoms with Gasteiger partial charge in [-0.25, -0.2) is 13.1 Å². The first-order valence-electron chi connectivity index (χ1n) is 11.1. The van der Waals surface area contributed by atoms with Crippen LogP contribution in [0.4, 0.5) is 5.69 Å². The highest BCUT2D eigenvalue weighted by atomic mass is 32.2. The highest BCUT2D eigenvalue weighted by Gasteiger charge is 2.26. The summed E-state index contributed by atoms with van der Waals surface area (Å²) in [5.74, 6) is 0.581. The van der Waals surface area contributed by atoms with Crippen molar-refractivity contribution in [3.8, 4) is 0 Å². The zero-order valence-electron chi connectivity index (χ0n) is 18.2. The van der Waals surface area contributed by atoms with E-state index < -0.39 is 10.0 Å². The number of para-hydroxylation sites is 1. The first kappa shape index (κ1) is 21.2. The molecule has 1 aliphatic carbocycles. The molecule has 1 saturated carbocycles. The van der Waals surface area contributed by atoms with E-state index in [1.165, 1.54) is 21.8 Å². The topological polar surface area (TPSA) is 63.1 Å². The van der Waals surface area contributed by atoms with Gasteiger partial charge in [0.1, 0.15) is 0 Å². The van der Waals surface area contributed by atoms with E-state index in [0.717, 1.165) is 44.5 Å². The number of aryl methyl sites for hydroxylation is 1. The van der Waals surface area contributed by atoms with E-state index in [2.05, 4.69) is 64.0 Å². The maximum absolute atomic E-state index is 12.1. The molecule has 0 radical (unpaired) electrons. The van der Waals surface area contributed by atoms with E-state index in [9.17, 15) is 8.42 Å². The van der Waals surface area contributed by atoms with Crippen molar-refractivity contribution in [3.63, 3.8) is 0 Å². The SMILES string of the molecule is CCn1c2ccccc2c2cc(NCC3CCC(NS(=O)(=O)C(C)C)CC3)ccc21. The van der Waals surface area contributed by atoms with Crippen LogP contribution >= 0.6 is 0 Å². The van der Waals surface area contributed by atoms with Crippen LogP contribution in [-0.2, 0) is 16.6 Å². The van der Waals surface area contributed by atoms with Gasteiger partial charge in [0.25, 0.3) is 0 Å². The minimum Gasteiger partial charge on any atom is -0.385 e. The number of fused-ring (bicyclic) bond motifs is 3. The summed E-state index contributed by atoms with van der Waals surface area (Å²) in [5.41, 5.74) is 3.72. The average molecular weight is 428 g/mol. The second-order valence-corrected chi connectivity index (χ2v) is 11.1. The molecule has 0 saturated heterocycles. The van der Waals surface area contributed by atoms with E-state index in [1.807, 2.05) is 0 Å². The fraction of sp³-hybridized carbons (Fsp3) is 0.500. The maximum atomic E-state index is 12.1. The molecule has 1 aromatic heterocycles. The van der Waals surface area contributed by atoms with Crippen LogP contribution in [0.3, 0.4) is 0 Å². The molecule has 0 atom stereocenters. The number of nitrogens with one attached hydrogen (secondary N) is 2. The lowest BCUT2D eigenvalue weighted by atomic mass is 9.86. The van der Waals surface area contributed by atoms with Gasteiger partial charge in [0.2, 0.25) is 10.0 Å². The van der Waals surface area contributed by atoms with Crippen molar-refractivity contribution < 1.29 is 8.42 Å². The van der Waals surface area contributed by atoms with Crippen molar-refractivity contribution in [1.82, 2.24) is 9.29 Å². The molecule has 30 heavy (non-hydrogen) atoms. The molecule has 2 aromatic carbocycles. The van der Waals surface area contributed by atoms with Crippen molar-refractivity contribution in [3.05, 3.63) is 42.5 Å². The Kier molecular flexibility index (Phi) is 6.07. The van der Waals surface area contributed by atoms with Crippen LogP contribution in [0.2, 0.25) is 0 Å². The van der Waals surface area contributed by atoms with Gasteiger partial charge in [-0.2, -0.15) is 0 Å². The fourth-order valence-corrected chi connectivity index (χ4v) is 5.59. The van der Waals surface area contributed by atoms with Gasteiger partial charge in [-0.15, -0.1) is 0 Å². The van der Waals surface area contributed by atoms with Crippen LogP contribution in [0.5, 0.6) is 0 Å². The number of hydrogen-bond donors (Lipinski definition) is 2. The molecule has 1 aliphatic rings. The molecular weight excluding hydrogens is 394 g/mol. The van der Waals surface area contributed by atoms with Gasteiger partial charge in [0, 0.05) is 46.6 Å². The Bertz CT molecular complexity index is 1130. The second-order valence-electron chi connectivity index (χ2n) is 8.80. The average Bonchev–Trinajstić information content (AvgIpc) is 3.06. The van der Waals surface area contributed by atoms with Crippen LogP contribution in [0, 0.1) is 5.92 Å². The fourth-order valence-electron chi connectivity index (χ4n) is 4.62. The monoisotopic (exact) mass is 427 g/mol. The predicted octanol–water partition coefficient (Wildman–Crippen LogP) is 5.11. The number of anilines is 1. The molecule has 5 nitrogen and oxygen atoms in total. The zero-order chi connectivity index (χ0) is 21.3. The number of benzene rings is 2. The Morgan fingerprint density at radius 3 is 2.40 bits per heavy atom. The molecule has 1 heterocycles. The largest absolute Gasteiger partial charge is 0.385 e. The molecule has 0 bridgehead atoms. The number of nitrogens with zero attached hydrogens (tertiary/aromatic N) is 1. The molecule has 0 aliphatic heterocycles. The number of sulfonamides is 1. The van der Waals surface area contributed by atoms with Crippen LogP contribution in [0.25, 0.3) is 21.8 Å². The van der Waals surface area contributed by atoms with Crippen molar-refractivity contribution in [2.75, 3.05) is 11.9 Å². The predicted molar refractivity (Wildman–Crippen MR) is 127 cm³/mol. The van der Waals surface area contributed by atoms with Crippen LogP contribution in [-0.4, -0.2) is 30.8 Å². The Hall–Kier alpha value is -2.05. The number of hydrogen-bond acceptors (Lipinski definition) is 3. The van der Waals surface area contributed by atoms with Crippen molar-refractivity contribution >= 4 is 37.5 Å². The summed E-state index contributed by atoms with van der Waals surface area (Å²) in [5, 5.41) is 5.86. The maximum Gasteiger partial charge on any atom is 0.214 e. The Balaban J connectivity index is 1.40. The molecule has 162 valence electrons. The quantitative estimate of drug-likeness (QED) is 0.550. The molecule has 0 spiro atoms. The lowest BCUT2D eigenvalue weighted by molar-refractivity contribution is 0.323. The third-order valence-corrected chi connectivity index (χ3v) is 8.38. The smallest absolute Gasteiger partial charge is 0.214 e. The molecule has 6 heteroatoms. The molecular formula is C24H33N3O2S. The molecule has 2 N–H and O–H groups in total. The number of aromatic nitrogens is 1. The van der Waals surface area contributed by atoms with Crippen molar-refractivity contribution in [2.24, 2.45) is 5.92 Å². The Morgan fingerprint density at radius 1 is 1.00 bits per heavy atom. The summed E-state index contributed by atoms with van der Waals surface area (Å²) < 4.78 is 29.4. The van der Waals surface area contributed by atoms with Crippen LogP contribution in [0.15, 0.2) is 42.5 Å². The van der Waals surface area contributed by atoms with E-state index in [1.54, 1.807) is 13.8 Å². The molecule has 4 rings (SSSR count). The Morgan fingerprint density at radius 2 is 1.70 bits per heavy atom. The molecule has 3 aromatic rings. The first-order chi connectivity index (χ1) is 14.4. The molecule has 1 fully saturated rings. The molecule has 0 amide bonds. The van der Waals surface area contributed by atoms with E-state index >= 15 is 0 Å². The van der Waals surface area contributed by atoms with Crippen LogP contribution in [0.1, 0.15) is 46.5 Å². The van der Waals surface area contributed by atoms with Gasteiger partial charge in [-0.05, 0) is 76.6 Å². The van der Waals surface area contributed by atoms with Gasteiger partial charge >= 0.3 is 0 Å². The highest BCUT2D eigenvalue weighted by molar-refractivity contribution is 7.90. The minimum absolute atomic E-state index is 0.0881. The summed E-state index contributed by atoms with van der Waals surface area (Å²) in [6.07, 6.45) is 3.94. The third kappa shape index (κ3) is 4.21. The second kappa shape index (κ2) is 8.60. The minimum atomic E-state index is -3.18. The number of rotatable bonds is 7. The summed E-state index contributed by atoms with van der Waals surface area (Å²) in [6, 6.07) is 15.4. The highest BCUT2D eigenvalue weighted by Crippen LogP contribution is 2.31. The zero-order valence-corrected chi connectivity index (χ0v) is 19.0. The summed E-state index contributed by atoms with van der Waals surface area (Å²) in [4.78, 5) is 0. The standard InChI is InChI=1S/C24H33N3O2S/c1-4-27-23-8-6-5-7-21(23)22-15-20(13-14-24(22)27)25-16-18-9-11-19(12-10-18)26-30(28,29)17(2)3/h5-8,13-15,17-19,25-26H,4,9-12,16H2,1-3H3. The van der Waals surface area contributed by atoms with Gasteiger partial charge in [0.05, 0.1) is 5.25 Å². The van der Waals surface area contributed by atoms with Gasteiger partial charge < -0.3 is 9.88 Å². The summed E-state index contributed by atoms with van der Waals surface area (Å²) in [7, 11) is -3.18. The van der Waals surface area contributed by atoms with Gasteiger partial charge in [-0.3, -0.25) is 0 Å². The van der Waals surface area contributed by atoms with Crippen LogP contribution < -0.4 is 10.0 Å². The first-order valence-corrected chi connectivity index (χ1v) is 12.7. The van der Waals surface area contributed by atoms with E-state index in [-0.39, 0.29) is 11.3 Å². The molecule has 0 unspecified atom stereocenters. The van der Waals surface area contributed by atoms with Crippen molar-refractivity contribution in [2.45, 2.75) is 64.3 Å². The lowest BCUT2D eigenvalue weighted by Gasteiger charge is -2.29. The van der Waals surface area contributed by atoms with Gasteiger partial charge in [0.15, 0.2) is 0 Å². The van der Waals surface area contributed by atoms with E-state index in [0.29, 0.717) is 5.92 Å². The van der Waals surface area contributed by atoms with Crippen molar-refractivity contribution in [1.29, 1.82) is 0 Å². The van der Waals surface area contributed by atoms with Gasteiger partial charge in [-0.1, -0.05) is 18.2 Å². The lowest BCUT2D eigenvalue weighted by Crippen LogP contribution is -2.41.